The average Bonchev–Trinajstić information content (AvgIpc) is 2.60. The van der Waals surface area contributed by atoms with Crippen molar-refractivity contribution in [1.29, 1.82) is 0 Å². The number of carbonyl (C=O) groups excluding carboxylic acids is 1. The molecule has 23 heavy (non-hydrogen) atoms. The molecule has 5 heteroatoms. The zero-order valence-corrected chi connectivity index (χ0v) is 12.5. The van der Waals surface area contributed by atoms with E-state index in [1.165, 1.54) is 0 Å². The van der Waals surface area contributed by atoms with E-state index in [4.69, 9.17) is 10.5 Å². The molecule has 3 aromatic rings. The Morgan fingerprint density at radius 3 is 2.61 bits per heavy atom. The smallest absolute Gasteiger partial charge is 0.256 e. The first kappa shape index (κ1) is 15.0. The normalized spacial score (nSPS) is 10.5. The van der Waals surface area contributed by atoms with Crippen LogP contribution in [0.3, 0.4) is 0 Å². The molecule has 2 aromatic carbocycles. The lowest BCUT2D eigenvalue weighted by atomic mass is 10.1. The summed E-state index contributed by atoms with van der Waals surface area (Å²) in [6.45, 7) is 0.741. The van der Waals surface area contributed by atoms with E-state index < -0.39 is 0 Å². The van der Waals surface area contributed by atoms with Crippen LogP contribution in [0, 0.1) is 0 Å². The number of nitrogens with one attached hydrogen (secondary N) is 1. The Kier molecular flexibility index (Phi) is 4.49. The van der Waals surface area contributed by atoms with E-state index in [9.17, 15) is 4.79 Å². The Bertz CT molecular complexity index is 819. The molecule has 0 aliphatic heterocycles. The van der Waals surface area contributed by atoms with Gasteiger partial charge in [-0.05, 0) is 18.2 Å². The van der Waals surface area contributed by atoms with Crippen LogP contribution < -0.4 is 15.8 Å². The molecule has 0 spiro atoms. The number of benzene rings is 2. The van der Waals surface area contributed by atoms with E-state index in [-0.39, 0.29) is 5.91 Å². The number of amides is 1. The quantitative estimate of drug-likeness (QED) is 0.760. The van der Waals surface area contributed by atoms with Crippen molar-refractivity contribution in [1.82, 2.24) is 4.98 Å². The van der Waals surface area contributed by atoms with Gasteiger partial charge in [0.2, 0.25) is 5.88 Å². The number of nitrogens with zero attached hydrogens (tertiary/aromatic N) is 1. The second kappa shape index (κ2) is 6.89. The van der Waals surface area contributed by atoms with Gasteiger partial charge in [-0.25, -0.2) is 4.98 Å². The second-order valence-corrected chi connectivity index (χ2v) is 4.98. The lowest BCUT2D eigenvalue weighted by Crippen LogP contribution is -2.15. The topological polar surface area (TPSA) is 77.2 Å². The molecule has 0 atom stereocenters. The minimum absolute atomic E-state index is 0.201. The molecule has 0 aliphatic rings. The summed E-state index contributed by atoms with van der Waals surface area (Å²) in [4.78, 5) is 17.0. The molecule has 1 heterocycles. The molecule has 0 saturated heterocycles. The monoisotopic (exact) mass is 307 g/mol. The maximum atomic E-state index is 12.6. The van der Waals surface area contributed by atoms with Crippen molar-refractivity contribution in [3.63, 3.8) is 0 Å². The number of para-hydroxylation sites is 2. The molecular formula is C18H17N3O2. The highest BCUT2D eigenvalue weighted by Crippen LogP contribution is 2.23. The number of nitrogens with two attached hydrogens (primary N) is 1. The zero-order valence-electron chi connectivity index (χ0n) is 12.5. The summed E-state index contributed by atoms with van der Waals surface area (Å²) in [7, 11) is 0. The summed E-state index contributed by atoms with van der Waals surface area (Å²) in [5.74, 6) is 0.194. The molecule has 0 aliphatic carbocycles. The Balaban J connectivity index is 1.98. The Morgan fingerprint density at radius 2 is 1.83 bits per heavy atom. The van der Waals surface area contributed by atoms with Gasteiger partial charge in [-0.15, -0.1) is 0 Å². The Morgan fingerprint density at radius 1 is 1.09 bits per heavy atom. The molecule has 1 aromatic heterocycles. The van der Waals surface area contributed by atoms with Gasteiger partial charge in [0, 0.05) is 23.7 Å². The fourth-order valence-electron chi connectivity index (χ4n) is 2.30. The van der Waals surface area contributed by atoms with Gasteiger partial charge in [0.15, 0.2) is 0 Å². The van der Waals surface area contributed by atoms with E-state index in [2.05, 4.69) is 10.3 Å². The van der Waals surface area contributed by atoms with Crippen LogP contribution in [0.25, 0.3) is 10.9 Å². The molecule has 5 nitrogen and oxygen atoms in total. The van der Waals surface area contributed by atoms with Crippen molar-refractivity contribution in [2.45, 2.75) is 0 Å². The highest BCUT2D eigenvalue weighted by Gasteiger charge is 2.13. The summed E-state index contributed by atoms with van der Waals surface area (Å²) >= 11 is 0. The highest BCUT2D eigenvalue weighted by molar-refractivity contribution is 6.12. The predicted octanol–water partition coefficient (Wildman–Crippen LogP) is 2.82. The summed E-state index contributed by atoms with van der Waals surface area (Å²) in [5, 5.41) is 3.67. The van der Waals surface area contributed by atoms with Gasteiger partial charge in [-0.1, -0.05) is 36.4 Å². The van der Waals surface area contributed by atoms with Crippen molar-refractivity contribution in [3.8, 4) is 5.88 Å². The van der Waals surface area contributed by atoms with Gasteiger partial charge in [-0.2, -0.15) is 0 Å². The maximum absolute atomic E-state index is 12.6. The lowest BCUT2D eigenvalue weighted by Gasteiger charge is -2.11. The van der Waals surface area contributed by atoms with Gasteiger partial charge < -0.3 is 15.8 Å². The molecule has 3 rings (SSSR count). The van der Waals surface area contributed by atoms with Crippen molar-refractivity contribution < 1.29 is 9.53 Å². The second-order valence-electron chi connectivity index (χ2n) is 4.98. The average molecular weight is 307 g/mol. The molecule has 1 amide bonds. The van der Waals surface area contributed by atoms with Gasteiger partial charge in [0.05, 0.1) is 11.1 Å². The minimum atomic E-state index is -0.201. The molecule has 0 saturated carbocycles. The number of fused-ring (bicyclic) bond motifs is 1. The fraction of sp³-hybridized carbons (Fsp3) is 0.111. The lowest BCUT2D eigenvalue weighted by molar-refractivity contribution is 0.102. The molecule has 3 N–H and O–H groups in total. The number of rotatable bonds is 5. The largest absolute Gasteiger partial charge is 0.476 e. The van der Waals surface area contributed by atoms with Gasteiger partial charge in [0.1, 0.15) is 6.61 Å². The highest BCUT2D eigenvalue weighted by atomic mass is 16.5. The number of carbonyl (C=O) groups is 1. The van der Waals surface area contributed by atoms with Crippen LogP contribution in [-0.2, 0) is 0 Å². The van der Waals surface area contributed by atoms with Crippen LogP contribution in [0.1, 0.15) is 10.4 Å². The number of anilines is 1. The Labute approximate surface area is 134 Å². The van der Waals surface area contributed by atoms with Gasteiger partial charge in [0.25, 0.3) is 5.91 Å². The van der Waals surface area contributed by atoms with Crippen molar-refractivity contribution in [2.24, 2.45) is 5.73 Å². The standard InChI is InChI=1S/C18H17N3O2/c19-10-11-23-17-12-15(14-8-4-5-9-16(14)21-17)18(22)20-13-6-2-1-3-7-13/h1-9,12H,10-11,19H2,(H,20,22). The number of ether oxygens (including phenoxy) is 1. The summed E-state index contributed by atoms with van der Waals surface area (Å²) in [5.41, 5.74) is 7.42. The van der Waals surface area contributed by atoms with E-state index in [1.54, 1.807) is 6.07 Å². The first-order chi connectivity index (χ1) is 11.3. The molecule has 0 fully saturated rings. The fourth-order valence-corrected chi connectivity index (χ4v) is 2.30. The number of hydrogen-bond donors (Lipinski definition) is 2. The third kappa shape index (κ3) is 3.46. The third-order valence-corrected chi connectivity index (χ3v) is 3.34. The summed E-state index contributed by atoms with van der Waals surface area (Å²) in [6.07, 6.45) is 0. The molecule has 0 unspecified atom stereocenters. The third-order valence-electron chi connectivity index (χ3n) is 3.34. The summed E-state index contributed by atoms with van der Waals surface area (Å²) < 4.78 is 5.49. The molecule has 0 radical (unpaired) electrons. The first-order valence-corrected chi connectivity index (χ1v) is 7.37. The van der Waals surface area contributed by atoms with Crippen LogP contribution in [0.15, 0.2) is 60.7 Å². The van der Waals surface area contributed by atoms with Crippen molar-refractivity contribution >= 4 is 22.5 Å². The van der Waals surface area contributed by atoms with Gasteiger partial charge in [-0.3, -0.25) is 4.79 Å². The number of pyridine rings is 1. The molecule has 116 valence electrons. The predicted molar refractivity (Wildman–Crippen MR) is 90.7 cm³/mol. The molecule has 0 bridgehead atoms. The van der Waals surface area contributed by atoms with Crippen molar-refractivity contribution in [2.75, 3.05) is 18.5 Å². The van der Waals surface area contributed by atoms with Gasteiger partial charge >= 0.3 is 0 Å². The van der Waals surface area contributed by atoms with E-state index in [0.717, 1.165) is 11.1 Å². The van der Waals surface area contributed by atoms with Crippen LogP contribution in [0.2, 0.25) is 0 Å². The van der Waals surface area contributed by atoms with Crippen LogP contribution in [0.5, 0.6) is 5.88 Å². The van der Waals surface area contributed by atoms with Crippen LogP contribution in [0.4, 0.5) is 5.69 Å². The maximum Gasteiger partial charge on any atom is 0.256 e. The first-order valence-electron chi connectivity index (χ1n) is 7.37. The van der Waals surface area contributed by atoms with E-state index in [0.29, 0.717) is 30.1 Å². The zero-order chi connectivity index (χ0) is 16.1. The molecular weight excluding hydrogens is 290 g/mol. The number of hydrogen-bond acceptors (Lipinski definition) is 4. The van der Waals surface area contributed by atoms with Crippen molar-refractivity contribution in [3.05, 3.63) is 66.2 Å². The SMILES string of the molecule is NCCOc1cc(C(=O)Nc2ccccc2)c2ccccc2n1. The van der Waals surface area contributed by atoms with E-state index >= 15 is 0 Å². The van der Waals surface area contributed by atoms with Crippen LogP contribution in [-0.4, -0.2) is 24.0 Å². The van der Waals surface area contributed by atoms with Crippen LogP contribution >= 0.6 is 0 Å². The number of aromatic nitrogens is 1. The van der Waals surface area contributed by atoms with E-state index in [1.807, 2.05) is 54.6 Å². The minimum Gasteiger partial charge on any atom is -0.476 e. The summed E-state index contributed by atoms with van der Waals surface area (Å²) in [6, 6.07) is 18.4. The Hall–Kier alpha value is -2.92.